The molecular formula is C12H22N4O4. The van der Waals surface area contributed by atoms with Gasteiger partial charge in [-0.3, -0.25) is 9.59 Å². The zero-order valence-corrected chi connectivity index (χ0v) is 11.6. The Morgan fingerprint density at radius 1 is 1.20 bits per heavy atom. The first-order valence-electron chi connectivity index (χ1n) is 6.73. The van der Waals surface area contributed by atoms with Gasteiger partial charge in [-0.2, -0.15) is 0 Å². The molecule has 0 aromatic carbocycles. The zero-order valence-electron chi connectivity index (χ0n) is 11.6. The number of hydrogen-bond donors (Lipinski definition) is 4. The topological polar surface area (TPSA) is 111 Å². The van der Waals surface area contributed by atoms with E-state index in [0.717, 1.165) is 26.1 Å². The highest BCUT2D eigenvalue weighted by Crippen LogP contribution is 2.14. The van der Waals surface area contributed by atoms with E-state index in [9.17, 15) is 14.4 Å². The Bertz CT molecular complexity index is 361. The van der Waals surface area contributed by atoms with Crippen LogP contribution in [0, 0.1) is 5.92 Å². The number of amides is 3. The highest BCUT2D eigenvalue weighted by atomic mass is 16.4. The van der Waals surface area contributed by atoms with Crippen molar-refractivity contribution in [3.63, 3.8) is 0 Å². The lowest BCUT2D eigenvalue weighted by atomic mass is 10.1. The third-order valence-electron chi connectivity index (χ3n) is 3.21. The molecule has 4 N–H and O–H groups in total. The van der Waals surface area contributed by atoms with Crippen LogP contribution in [0.4, 0.5) is 4.79 Å². The Kier molecular flexibility index (Phi) is 6.78. The molecule has 20 heavy (non-hydrogen) atoms. The maximum Gasteiger partial charge on any atom is 0.322 e. The molecule has 114 valence electrons. The molecule has 1 fully saturated rings. The highest BCUT2D eigenvalue weighted by molar-refractivity contribution is 5.86. The van der Waals surface area contributed by atoms with Gasteiger partial charge in [0, 0.05) is 13.1 Å². The summed E-state index contributed by atoms with van der Waals surface area (Å²) in [5, 5.41) is 15.6. The van der Waals surface area contributed by atoms with E-state index in [1.807, 2.05) is 0 Å². The molecule has 0 bridgehead atoms. The highest BCUT2D eigenvalue weighted by Gasteiger charge is 2.21. The van der Waals surface area contributed by atoms with Crippen LogP contribution in [0.3, 0.4) is 0 Å². The fraction of sp³-hybridized carbons (Fsp3) is 0.750. The minimum Gasteiger partial charge on any atom is -0.480 e. The number of likely N-dealkylation sites (tertiary alicyclic amines) is 1. The van der Waals surface area contributed by atoms with E-state index in [4.69, 9.17) is 5.11 Å². The lowest BCUT2D eigenvalue weighted by Gasteiger charge is -2.14. The van der Waals surface area contributed by atoms with Crippen LogP contribution < -0.4 is 16.0 Å². The predicted molar refractivity (Wildman–Crippen MR) is 72.3 cm³/mol. The largest absolute Gasteiger partial charge is 0.480 e. The fourth-order valence-electron chi connectivity index (χ4n) is 2.06. The van der Waals surface area contributed by atoms with E-state index < -0.39 is 24.5 Å². The predicted octanol–water partition coefficient (Wildman–Crippen LogP) is -1.17. The first kappa shape index (κ1) is 16.2. The lowest BCUT2D eigenvalue weighted by molar-refractivity contribution is -0.137. The summed E-state index contributed by atoms with van der Waals surface area (Å²) in [5.41, 5.74) is 0. The summed E-state index contributed by atoms with van der Waals surface area (Å²) in [6.07, 6.45) is 1.06. The van der Waals surface area contributed by atoms with Crippen molar-refractivity contribution in [1.82, 2.24) is 20.9 Å². The standard InChI is InChI=1S/C12H22N4O4/c1-2-16-4-3-9(8-16)5-14-12(20)15-6-10(17)13-7-11(18)19/h9H,2-8H2,1H3,(H,13,17)(H,18,19)(H2,14,15,20). The van der Waals surface area contributed by atoms with Crippen LogP contribution >= 0.6 is 0 Å². The maximum atomic E-state index is 11.5. The van der Waals surface area contributed by atoms with E-state index in [1.54, 1.807) is 0 Å². The maximum absolute atomic E-state index is 11.5. The van der Waals surface area contributed by atoms with Gasteiger partial charge in [0.05, 0.1) is 6.54 Å². The minimum atomic E-state index is -1.12. The number of carboxylic acid groups (broad SMARTS) is 1. The molecule has 0 radical (unpaired) electrons. The van der Waals surface area contributed by atoms with Gasteiger partial charge in [0.2, 0.25) is 5.91 Å². The molecule has 1 saturated heterocycles. The molecule has 0 spiro atoms. The van der Waals surface area contributed by atoms with Gasteiger partial charge in [-0.25, -0.2) is 4.79 Å². The van der Waals surface area contributed by atoms with Gasteiger partial charge in [-0.15, -0.1) is 0 Å². The Labute approximate surface area is 117 Å². The van der Waals surface area contributed by atoms with Crippen LogP contribution in [0.1, 0.15) is 13.3 Å². The van der Waals surface area contributed by atoms with Gasteiger partial charge >= 0.3 is 12.0 Å². The van der Waals surface area contributed by atoms with Crippen LogP contribution in [-0.2, 0) is 9.59 Å². The molecule has 0 aliphatic carbocycles. The van der Waals surface area contributed by atoms with Gasteiger partial charge in [-0.1, -0.05) is 6.92 Å². The molecule has 0 aromatic rings. The summed E-state index contributed by atoms with van der Waals surface area (Å²) < 4.78 is 0. The van der Waals surface area contributed by atoms with Crippen molar-refractivity contribution in [2.75, 3.05) is 39.3 Å². The molecular weight excluding hydrogens is 264 g/mol. The lowest BCUT2D eigenvalue weighted by Crippen LogP contribution is -2.44. The van der Waals surface area contributed by atoms with E-state index in [1.165, 1.54) is 0 Å². The molecule has 1 rings (SSSR count). The number of urea groups is 1. The smallest absolute Gasteiger partial charge is 0.322 e. The van der Waals surface area contributed by atoms with Crippen molar-refractivity contribution in [3.05, 3.63) is 0 Å². The van der Waals surface area contributed by atoms with E-state index >= 15 is 0 Å². The normalized spacial score (nSPS) is 18.6. The second kappa shape index (κ2) is 8.36. The number of rotatable bonds is 7. The molecule has 0 saturated carbocycles. The summed E-state index contributed by atoms with van der Waals surface area (Å²) in [6, 6.07) is -0.412. The first-order valence-corrected chi connectivity index (χ1v) is 6.73. The van der Waals surface area contributed by atoms with Crippen molar-refractivity contribution >= 4 is 17.9 Å². The quantitative estimate of drug-likeness (QED) is 0.471. The monoisotopic (exact) mass is 286 g/mol. The SMILES string of the molecule is CCN1CCC(CNC(=O)NCC(=O)NCC(=O)O)C1. The Balaban J connectivity index is 2.08. The van der Waals surface area contributed by atoms with Gasteiger partial charge in [-0.05, 0) is 25.4 Å². The Morgan fingerprint density at radius 3 is 2.55 bits per heavy atom. The number of carboxylic acids is 1. The van der Waals surface area contributed by atoms with Crippen molar-refractivity contribution in [1.29, 1.82) is 0 Å². The number of nitrogens with one attached hydrogen (secondary N) is 3. The van der Waals surface area contributed by atoms with Crippen molar-refractivity contribution in [2.24, 2.45) is 5.92 Å². The molecule has 8 heteroatoms. The number of carbonyl (C=O) groups excluding carboxylic acids is 2. The average molecular weight is 286 g/mol. The third-order valence-corrected chi connectivity index (χ3v) is 3.21. The number of nitrogens with zero attached hydrogens (tertiary/aromatic N) is 1. The summed E-state index contributed by atoms with van der Waals surface area (Å²) in [4.78, 5) is 35.2. The van der Waals surface area contributed by atoms with Crippen LogP contribution in [0.15, 0.2) is 0 Å². The zero-order chi connectivity index (χ0) is 15.0. The molecule has 3 amide bonds. The second-order valence-corrected chi connectivity index (χ2v) is 4.78. The molecule has 1 aliphatic heterocycles. The van der Waals surface area contributed by atoms with Crippen molar-refractivity contribution < 1.29 is 19.5 Å². The number of aliphatic carboxylic acids is 1. The van der Waals surface area contributed by atoms with Gasteiger partial charge in [0.25, 0.3) is 0 Å². The third kappa shape index (κ3) is 6.37. The van der Waals surface area contributed by atoms with Crippen LogP contribution in [0.2, 0.25) is 0 Å². The second-order valence-electron chi connectivity index (χ2n) is 4.78. The van der Waals surface area contributed by atoms with Crippen LogP contribution in [-0.4, -0.2) is 67.2 Å². The molecule has 8 nitrogen and oxygen atoms in total. The van der Waals surface area contributed by atoms with Crippen molar-refractivity contribution in [3.8, 4) is 0 Å². The van der Waals surface area contributed by atoms with E-state index in [-0.39, 0.29) is 6.54 Å². The van der Waals surface area contributed by atoms with Gasteiger partial charge < -0.3 is 26.0 Å². The van der Waals surface area contributed by atoms with E-state index in [0.29, 0.717) is 12.5 Å². The van der Waals surface area contributed by atoms with Crippen LogP contribution in [0.25, 0.3) is 0 Å². The molecule has 1 atom stereocenters. The van der Waals surface area contributed by atoms with Gasteiger partial charge in [0.1, 0.15) is 6.54 Å². The first-order chi connectivity index (χ1) is 9.51. The van der Waals surface area contributed by atoms with Crippen molar-refractivity contribution in [2.45, 2.75) is 13.3 Å². The summed E-state index contributed by atoms with van der Waals surface area (Å²) in [7, 11) is 0. The molecule has 1 heterocycles. The van der Waals surface area contributed by atoms with Crippen LogP contribution in [0.5, 0.6) is 0 Å². The van der Waals surface area contributed by atoms with Gasteiger partial charge in [0.15, 0.2) is 0 Å². The Morgan fingerprint density at radius 2 is 1.95 bits per heavy atom. The number of carbonyl (C=O) groups is 3. The molecule has 1 unspecified atom stereocenters. The van der Waals surface area contributed by atoms with E-state index in [2.05, 4.69) is 27.8 Å². The molecule has 1 aliphatic rings. The average Bonchev–Trinajstić information content (AvgIpc) is 2.88. The summed E-state index contributed by atoms with van der Waals surface area (Å²) in [5.74, 6) is -1.20. The molecule has 0 aromatic heterocycles. The fourth-order valence-corrected chi connectivity index (χ4v) is 2.06. The Hall–Kier alpha value is -1.83. The summed E-state index contributed by atoms with van der Waals surface area (Å²) >= 11 is 0. The number of hydrogen-bond acceptors (Lipinski definition) is 4. The summed E-state index contributed by atoms with van der Waals surface area (Å²) in [6.45, 7) is 5.07. The minimum absolute atomic E-state index is 0.231.